The minimum Gasteiger partial charge on any atom is -0.399 e. The molecular weight excluding hydrogens is 240 g/mol. The molecule has 4 nitrogen and oxygen atoms in total. The monoisotopic (exact) mass is 262 g/mol. The van der Waals surface area contributed by atoms with Gasteiger partial charge < -0.3 is 15.4 Å². The summed E-state index contributed by atoms with van der Waals surface area (Å²) in [5.41, 5.74) is 7.58. The molecule has 1 aliphatic heterocycles. The standard InChI is InChI=1S/C15H22N2O2/c1-11(13-3-5-14(16)6-4-13)9-15(18)17-7-8-19-10-12(17)2/h3-6,11-12H,7-10,16H2,1-2H3/t11?,12-/m1/s1. The van der Waals surface area contributed by atoms with Gasteiger partial charge in [0.05, 0.1) is 19.3 Å². The van der Waals surface area contributed by atoms with E-state index >= 15 is 0 Å². The lowest BCUT2D eigenvalue weighted by atomic mass is 9.96. The third-order valence-corrected chi connectivity index (χ3v) is 3.67. The Balaban J connectivity index is 1.96. The van der Waals surface area contributed by atoms with E-state index < -0.39 is 0 Å². The Morgan fingerprint density at radius 3 is 2.79 bits per heavy atom. The first kappa shape index (κ1) is 13.9. The number of anilines is 1. The van der Waals surface area contributed by atoms with Crippen LogP contribution in [0.1, 0.15) is 31.7 Å². The van der Waals surface area contributed by atoms with Crippen LogP contribution >= 0.6 is 0 Å². The molecule has 1 saturated heterocycles. The predicted octanol–water partition coefficient (Wildman–Crippen LogP) is 2.01. The lowest BCUT2D eigenvalue weighted by Crippen LogP contribution is -2.47. The van der Waals surface area contributed by atoms with E-state index in [0.717, 1.165) is 11.3 Å². The van der Waals surface area contributed by atoms with Crippen LogP contribution in [0.25, 0.3) is 0 Å². The molecule has 1 heterocycles. The summed E-state index contributed by atoms with van der Waals surface area (Å²) in [7, 11) is 0. The van der Waals surface area contributed by atoms with Crippen LogP contribution in [0, 0.1) is 0 Å². The van der Waals surface area contributed by atoms with E-state index in [0.29, 0.717) is 26.2 Å². The van der Waals surface area contributed by atoms with Crippen molar-refractivity contribution >= 4 is 11.6 Å². The molecule has 1 aromatic carbocycles. The summed E-state index contributed by atoms with van der Waals surface area (Å²) >= 11 is 0. The van der Waals surface area contributed by atoms with E-state index in [1.165, 1.54) is 0 Å². The van der Waals surface area contributed by atoms with Crippen LogP contribution in [0.3, 0.4) is 0 Å². The molecule has 1 fully saturated rings. The molecule has 0 aromatic heterocycles. The van der Waals surface area contributed by atoms with Crippen LogP contribution in [0.15, 0.2) is 24.3 Å². The second kappa shape index (κ2) is 6.06. The Morgan fingerprint density at radius 2 is 2.16 bits per heavy atom. The average molecular weight is 262 g/mol. The zero-order valence-electron chi connectivity index (χ0n) is 11.6. The SMILES string of the molecule is CC(CC(=O)N1CCOC[C@H]1C)c1ccc(N)cc1. The van der Waals surface area contributed by atoms with Crippen molar-refractivity contribution in [1.82, 2.24) is 4.90 Å². The van der Waals surface area contributed by atoms with Crippen molar-refractivity contribution in [3.8, 4) is 0 Å². The lowest BCUT2D eigenvalue weighted by molar-refractivity contribution is -0.139. The number of ether oxygens (including phenoxy) is 1. The van der Waals surface area contributed by atoms with Gasteiger partial charge in [-0.05, 0) is 30.5 Å². The summed E-state index contributed by atoms with van der Waals surface area (Å²) in [6, 6.07) is 7.94. The van der Waals surface area contributed by atoms with Gasteiger partial charge in [-0.2, -0.15) is 0 Å². The van der Waals surface area contributed by atoms with Gasteiger partial charge in [-0.1, -0.05) is 19.1 Å². The second-order valence-corrected chi connectivity index (χ2v) is 5.28. The van der Waals surface area contributed by atoms with Crippen molar-refractivity contribution in [1.29, 1.82) is 0 Å². The maximum atomic E-state index is 12.3. The number of hydrogen-bond acceptors (Lipinski definition) is 3. The molecule has 4 heteroatoms. The molecule has 0 saturated carbocycles. The maximum Gasteiger partial charge on any atom is 0.223 e. The van der Waals surface area contributed by atoms with E-state index in [1.807, 2.05) is 36.1 Å². The summed E-state index contributed by atoms with van der Waals surface area (Å²) in [4.78, 5) is 14.2. The first-order valence-corrected chi connectivity index (χ1v) is 6.80. The molecule has 0 radical (unpaired) electrons. The van der Waals surface area contributed by atoms with E-state index in [9.17, 15) is 4.79 Å². The molecule has 1 unspecified atom stereocenters. The molecule has 0 bridgehead atoms. The fourth-order valence-electron chi connectivity index (χ4n) is 2.42. The quantitative estimate of drug-likeness (QED) is 0.848. The van der Waals surface area contributed by atoms with Gasteiger partial charge in [0, 0.05) is 18.7 Å². The highest BCUT2D eigenvalue weighted by Crippen LogP contribution is 2.22. The van der Waals surface area contributed by atoms with Crippen LogP contribution in [0.5, 0.6) is 0 Å². The van der Waals surface area contributed by atoms with Crippen molar-refractivity contribution in [2.45, 2.75) is 32.2 Å². The number of nitrogens with two attached hydrogens (primary N) is 1. The third kappa shape index (κ3) is 3.47. The molecule has 1 aromatic rings. The van der Waals surface area contributed by atoms with E-state index in [-0.39, 0.29) is 17.9 Å². The summed E-state index contributed by atoms with van der Waals surface area (Å²) in [5, 5.41) is 0. The van der Waals surface area contributed by atoms with Gasteiger partial charge in [-0.3, -0.25) is 4.79 Å². The van der Waals surface area contributed by atoms with Crippen molar-refractivity contribution in [3.05, 3.63) is 29.8 Å². The van der Waals surface area contributed by atoms with Crippen LogP contribution in [0.2, 0.25) is 0 Å². The number of nitrogens with zero attached hydrogens (tertiary/aromatic N) is 1. The smallest absolute Gasteiger partial charge is 0.223 e. The lowest BCUT2D eigenvalue weighted by Gasteiger charge is -2.34. The number of benzene rings is 1. The van der Waals surface area contributed by atoms with Crippen molar-refractivity contribution in [2.24, 2.45) is 0 Å². The third-order valence-electron chi connectivity index (χ3n) is 3.67. The molecule has 0 aliphatic carbocycles. The molecule has 1 aliphatic rings. The number of carbonyl (C=O) groups is 1. The summed E-state index contributed by atoms with van der Waals surface area (Å²) in [5.74, 6) is 0.420. The highest BCUT2D eigenvalue weighted by molar-refractivity contribution is 5.77. The molecule has 0 spiro atoms. The Hall–Kier alpha value is -1.55. The maximum absolute atomic E-state index is 12.3. The van der Waals surface area contributed by atoms with Gasteiger partial charge in [0.1, 0.15) is 0 Å². The van der Waals surface area contributed by atoms with Gasteiger partial charge in [0.25, 0.3) is 0 Å². The number of nitrogen functional groups attached to an aromatic ring is 1. The fourth-order valence-corrected chi connectivity index (χ4v) is 2.42. The zero-order chi connectivity index (χ0) is 13.8. The minimum atomic E-state index is 0.180. The Labute approximate surface area is 114 Å². The highest BCUT2D eigenvalue weighted by Gasteiger charge is 2.25. The molecule has 2 N–H and O–H groups in total. The minimum absolute atomic E-state index is 0.180. The number of rotatable bonds is 3. The zero-order valence-corrected chi connectivity index (χ0v) is 11.6. The molecule has 19 heavy (non-hydrogen) atoms. The summed E-state index contributed by atoms with van der Waals surface area (Å²) < 4.78 is 5.36. The number of amides is 1. The van der Waals surface area contributed by atoms with Crippen molar-refractivity contribution < 1.29 is 9.53 Å². The first-order chi connectivity index (χ1) is 9.08. The summed E-state index contributed by atoms with van der Waals surface area (Å²) in [6.45, 7) is 6.10. The second-order valence-electron chi connectivity index (χ2n) is 5.28. The number of morpholine rings is 1. The molecule has 2 rings (SSSR count). The average Bonchev–Trinajstić information content (AvgIpc) is 2.39. The van der Waals surface area contributed by atoms with E-state index in [2.05, 4.69) is 6.92 Å². The van der Waals surface area contributed by atoms with Crippen molar-refractivity contribution in [3.63, 3.8) is 0 Å². The first-order valence-electron chi connectivity index (χ1n) is 6.80. The summed E-state index contributed by atoms with van der Waals surface area (Å²) in [6.07, 6.45) is 0.536. The Morgan fingerprint density at radius 1 is 1.47 bits per heavy atom. The van der Waals surface area contributed by atoms with Gasteiger partial charge in [-0.15, -0.1) is 0 Å². The van der Waals surface area contributed by atoms with Gasteiger partial charge in [0.15, 0.2) is 0 Å². The Bertz CT molecular complexity index is 430. The normalized spacial score (nSPS) is 21.2. The van der Waals surface area contributed by atoms with Crippen LogP contribution in [-0.4, -0.2) is 36.6 Å². The molecule has 1 amide bonds. The van der Waals surface area contributed by atoms with Crippen LogP contribution in [0.4, 0.5) is 5.69 Å². The van der Waals surface area contributed by atoms with Gasteiger partial charge in [-0.25, -0.2) is 0 Å². The Kier molecular flexibility index (Phi) is 4.43. The number of hydrogen-bond donors (Lipinski definition) is 1. The largest absolute Gasteiger partial charge is 0.399 e. The van der Waals surface area contributed by atoms with Crippen molar-refractivity contribution in [2.75, 3.05) is 25.5 Å². The van der Waals surface area contributed by atoms with Gasteiger partial charge in [0.2, 0.25) is 5.91 Å². The predicted molar refractivity (Wildman–Crippen MR) is 75.9 cm³/mol. The fraction of sp³-hybridized carbons (Fsp3) is 0.533. The van der Waals surface area contributed by atoms with Crippen LogP contribution in [-0.2, 0) is 9.53 Å². The molecule has 104 valence electrons. The highest BCUT2D eigenvalue weighted by atomic mass is 16.5. The topological polar surface area (TPSA) is 55.6 Å². The van der Waals surface area contributed by atoms with Crippen LogP contribution < -0.4 is 5.73 Å². The van der Waals surface area contributed by atoms with E-state index in [4.69, 9.17) is 10.5 Å². The van der Waals surface area contributed by atoms with Gasteiger partial charge >= 0.3 is 0 Å². The van der Waals surface area contributed by atoms with E-state index in [1.54, 1.807) is 0 Å². The number of carbonyl (C=O) groups excluding carboxylic acids is 1. The molecule has 2 atom stereocenters. The molecular formula is C15H22N2O2.